The fourth-order valence-electron chi connectivity index (χ4n) is 10.2. The highest BCUT2D eigenvalue weighted by Gasteiger charge is 2.38. The van der Waals surface area contributed by atoms with Crippen LogP contribution in [0.15, 0.2) is 182 Å². The van der Waals surface area contributed by atoms with Gasteiger partial charge in [0, 0.05) is 25.6 Å². The third kappa shape index (κ3) is 4.35. The second-order valence-corrected chi connectivity index (χ2v) is 17.0. The molecule has 1 aliphatic carbocycles. The lowest BCUT2D eigenvalue weighted by Gasteiger charge is -2.24. The van der Waals surface area contributed by atoms with Crippen molar-refractivity contribution in [2.45, 2.75) is 19.3 Å². The lowest BCUT2D eigenvalue weighted by atomic mass is 9.79. The highest BCUT2D eigenvalue weighted by Crippen LogP contribution is 2.55. The number of hydrogen-bond donors (Lipinski definition) is 0. The zero-order chi connectivity index (χ0) is 37.1. The molecule has 56 heavy (non-hydrogen) atoms. The van der Waals surface area contributed by atoms with E-state index in [1.807, 2.05) is 11.3 Å². The fourth-order valence-corrected chi connectivity index (χ4v) is 11.3. The molecule has 0 amide bonds. The summed E-state index contributed by atoms with van der Waals surface area (Å²) in [6.07, 6.45) is 0. The molecule has 1 aliphatic rings. The number of thiophene rings is 1. The molecule has 0 N–H and O–H groups in total. The molecule has 262 valence electrons. The minimum atomic E-state index is -0.139. The average Bonchev–Trinajstić information content (AvgIpc) is 3.74. The molecule has 0 saturated heterocycles. The van der Waals surface area contributed by atoms with E-state index < -0.39 is 0 Å². The number of rotatable bonds is 3. The van der Waals surface area contributed by atoms with E-state index in [1.165, 1.54) is 119 Å². The van der Waals surface area contributed by atoms with Gasteiger partial charge >= 0.3 is 0 Å². The van der Waals surface area contributed by atoms with Crippen LogP contribution in [0.2, 0.25) is 0 Å². The van der Waals surface area contributed by atoms with Gasteiger partial charge in [-0.05, 0) is 117 Å². The van der Waals surface area contributed by atoms with Crippen LogP contribution in [0.25, 0.3) is 108 Å². The first kappa shape index (κ1) is 31.8. The summed E-state index contributed by atoms with van der Waals surface area (Å²) in [4.78, 5) is 0. The van der Waals surface area contributed by atoms with Gasteiger partial charge in [0.25, 0.3) is 0 Å². The summed E-state index contributed by atoms with van der Waals surface area (Å²) < 4.78 is 2.72. The van der Waals surface area contributed by atoms with E-state index in [0.717, 1.165) is 0 Å². The van der Waals surface area contributed by atoms with Crippen LogP contribution in [-0.4, -0.2) is 0 Å². The second-order valence-electron chi connectivity index (χ2n) is 15.9. The topological polar surface area (TPSA) is 0 Å². The number of hydrogen-bond acceptors (Lipinski definition) is 1. The maximum Gasteiger partial charge on any atom is 0.0361 e. The second kappa shape index (κ2) is 11.7. The number of fused-ring (bicyclic) bond motifs is 12. The van der Waals surface area contributed by atoms with E-state index in [1.54, 1.807) is 0 Å². The normalized spacial score (nSPS) is 13.3. The molecule has 0 unspecified atom stereocenters. The summed E-state index contributed by atoms with van der Waals surface area (Å²) in [5.41, 5.74) is 13.0. The van der Waals surface area contributed by atoms with Crippen molar-refractivity contribution in [1.82, 2.24) is 0 Å². The Bertz CT molecular complexity index is 3380. The quantitative estimate of drug-likeness (QED) is 0.159. The Balaban J connectivity index is 1.08. The molecule has 0 radical (unpaired) electrons. The van der Waals surface area contributed by atoms with Crippen molar-refractivity contribution in [1.29, 1.82) is 0 Å². The van der Waals surface area contributed by atoms with E-state index in [9.17, 15) is 0 Å². The fraction of sp³-hybridized carbons (Fsp3) is 0.0545. The highest BCUT2D eigenvalue weighted by atomic mass is 32.1. The first-order valence-corrected chi connectivity index (χ1v) is 20.4. The Labute approximate surface area is 329 Å². The van der Waals surface area contributed by atoms with Gasteiger partial charge in [0.1, 0.15) is 0 Å². The molecule has 0 atom stereocenters. The molecule has 1 heteroatoms. The lowest BCUT2D eigenvalue weighted by Crippen LogP contribution is -2.15. The van der Waals surface area contributed by atoms with E-state index in [0.29, 0.717) is 0 Å². The van der Waals surface area contributed by atoms with Gasteiger partial charge in [-0.25, -0.2) is 0 Å². The van der Waals surface area contributed by atoms with Crippen molar-refractivity contribution >= 4 is 74.6 Å². The summed E-state index contributed by atoms with van der Waals surface area (Å²) in [7, 11) is 0. The van der Waals surface area contributed by atoms with Crippen LogP contribution >= 0.6 is 11.3 Å². The Kier molecular flexibility index (Phi) is 6.66. The standard InChI is InChI=1S/C55H36S/c1-55(2)47-30-25-35(32-46(47)44-27-24-34-26-31-49-53(51(34)54(44)55)45-22-12-13-23-48(45)56-49)36-28-29-43(38-17-7-6-16-37(36)38)52-41-20-10-8-18-39(41)50(33-14-4-3-5-15-33)40-19-9-11-21-42(40)52/h3-32H,1-2H3. The Morgan fingerprint density at radius 3 is 1.62 bits per heavy atom. The molecule has 0 fully saturated rings. The van der Waals surface area contributed by atoms with Crippen molar-refractivity contribution in [2.75, 3.05) is 0 Å². The maximum absolute atomic E-state index is 2.47. The maximum atomic E-state index is 2.47. The summed E-state index contributed by atoms with van der Waals surface area (Å²) in [6.45, 7) is 4.85. The molecule has 0 nitrogen and oxygen atoms in total. The number of benzene rings is 10. The molecule has 0 spiro atoms. The summed E-state index contributed by atoms with van der Waals surface area (Å²) in [5.74, 6) is 0. The highest BCUT2D eigenvalue weighted by molar-refractivity contribution is 7.26. The largest absolute Gasteiger partial charge is 0.135 e. The van der Waals surface area contributed by atoms with E-state index in [2.05, 4.69) is 196 Å². The van der Waals surface area contributed by atoms with Gasteiger partial charge in [-0.1, -0.05) is 178 Å². The van der Waals surface area contributed by atoms with Crippen molar-refractivity contribution in [3.8, 4) is 44.5 Å². The van der Waals surface area contributed by atoms with Crippen LogP contribution in [0.3, 0.4) is 0 Å². The molecule has 12 rings (SSSR count). The van der Waals surface area contributed by atoms with Crippen LogP contribution in [-0.2, 0) is 5.41 Å². The minimum Gasteiger partial charge on any atom is -0.135 e. The SMILES string of the molecule is CC1(C)c2ccc(-c3ccc(-c4c5ccccc5c(-c5ccccc5)c5ccccc45)c4ccccc34)cc2-c2ccc3ccc4sc5ccccc5c4c3c21. The minimum absolute atomic E-state index is 0.139. The Morgan fingerprint density at radius 2 is 0.911 bits per heavy atom. The van der Waals surface area contributed by atoms with Gasteiger partial charge in [0.05, 0.1) is 0 Å². The van der Waals surface area contributed by atoms with Crippen molar-refractivity contribution in [2.24, 2.45) is 0 Å². The molecule has 0 bridgehead atoms. The van der Waals surface area contributed by atoms with Crippen molar-refractivity contribution < 1.29 is 0 Å². The third-order valence-corrected chi connectivity index (χ3v) is 13.8. The van der Waals surface area contributed by atoms with Gasteiger partial charge in [-0.15, -0.1) is 11.3 Å². The molecule has 0 aliphatic heterocycles. The van der Waals surface area contributed by atoms with Crippen LogP contribution in [0.1, 0.15) is 25.0 Å². The van der Waals surface area contributed by atoms with Gasteiger partial charge in [-0.2, -0.15) is 0 Å². The predicted octanol–water partition coefficient (Wildman–Crippen LogP) is 16.0. The average molecular weight is 729 g/mol. The van der Waals surface area contributed by atoms with E-state index in [4.69, 9.17) is 0 Å². The van der Waals surface area contributed by atoms with Crippen LogP contribution < -0.4 is 0 Å². The summed E-state index contributed by atoms with van der Waals surface area (Å²) >= 11 is 1.91. The van der Waals surface area contributed by atoms with Crippen molar-refractivity contribution in [3.63, 3.8) is 0 Å². The van der Waals surface area contributed by atoms with Gasteiger partial charge in [-0.3, -0.25) is 0 Å². The van der Waals surface area contributed by atoms with Gasteiger partial charge in [0.2, 0.25) is 0 Å². The summed E-state index contributed by atoms with van der Waals surface area (Å²) in [5, 5.41) is 13.1. The lowest BCUT2D eigenvalue weighted by molar-refractivity contribution is 0.667. The predicted molar refractivity (Wildman–Crippen MR) is 243 cm³/mol. The first-order valence-electron chi connectivity index (χ1n) is 19.6. The monoisotopic (exact) mass is 728 g/mol. The Hall–Kier alpha value is -6.54. The zero-order valence-corrected chi connectivity index (χ0v) is 32.0. The molecule has 10 aromatic carbocycles. The third-order valence-electron chi connectivity index (χ3n) is 12.6. The van der Waals surface area contributed by atoms with Gasteiger partial charge in [0.15, 0.2) is 0 Å². The Morgan fingerprint density at radius 1 is 0.357 bits per heavy atom. The summed E-state index contributed by atoms with van der Waals surface area (Å²) in [6, 6.07) is 68.1. The van der Waals surface area contributed by atoms with Gasteiger partial charge < -0.3 is 0 Å². The molecule has 0 saturated carbocycles. The molecular weight excluding hydrogens is 693 g/mol. The van der Waals surface area contributed by atoms with Crippen molar-refractivity contribution in [3.05, 3.63) is 193 Å². The molecular formula is C55H36S. The zero-order valence-electron chi connectivity index (χ0n) is 31.2. The smallest absolute Gasteiger partial charge is 0.0361 e. The molecule has 11 aromatic rings. The van der Waals surface area contributed by atoms with Crippen LogP contribution in [0.4, 0.5) is 0 Å². The van der Waals surface area contributed by atoms with E-state index in [-0.39, 0.29) is 5.41 Å². The first-order chi connectivity index (χ1) is 27.6. The van der Waals surface area contributed by atoms with E-state index >= 15 is 0 Å². The van der Waals surface area contributed by atoms with Crippen LogP contribution in [0, 0.1) is 0 Å². The van der Waals surface area contributed by atoms with Crippen LogP contribution in [0.5, 0.6) is 0 Å². The molecule has 1 heterocycles. The molecule has 1 aromatic heterocycles.